The average Bonchev–Trinajstić information content (AvgIpc) is 2.57. The second-order valence-corrected chi connectivity index (χ2v) is 5.42. The number of aromatic nitrogens is 1. The summed E-state index contributed by atoms with van der Waals surface area (Å²) in [7, 11) is 0. The Labute approximate surface area is 130 Å². The van der Waals surface area contributed by atoms with E-state index >= 15 is 0 Å². The Bertz CT molecular complexity index is 624. The Morgan fingerprint density at radius 1 is 1.23 bits per heavy atom. The first-order valence-electron chi connectivity index (χ1n) is 7.55. The van der Waals surface area contributed by atoms with Gasteiger partial charge >= 0.3 is 0 Å². The second-order valence-electron chi connectivity index (χ2n) is 5.42. The topological polar surface area (TPSA) is 57.3 Å². The summed E-state index contributed by atoms with van der Waals surface area (Å²) in [6, 6.07) is 11.4. The summed E-state index contributed by atoms with van der Waals surface area (Å²) in [5.74, 6) is -0.102. The molecule has 22 heavy (non-hydrogen) atoms. The first-order chi connectivity index (χ1) is 10.8. The predicted molar refractivity (Wildman–Crippen MR) is 86.8 cm³/mol. The number of amides is 1. The van der Waals surface area contributed by atoms with Gasteiger partial charge in [-0.05, 0) is 29.8 Å². The first kappa shape index (κ1) is 14.7. The molecule has 5 nitrogen and oxygen atoms in total. The van der Waals surface area contributed by atoms with Crippen LogP contribution in [-0.2, 0) is 6.54 Å². The zero-order valence-corrected chi connectivity index (χ0v) is 12.5. The van der Waals surface area contributed by atoms with Gasteiger partial charge < -0.3 is 10.6 Å². The Morgan fingerprint density at radius 2 is 2.09 bits per heavy atom. The van der Waals surface area contributed by atoms with Gasteiger partial charge in [-0.2, -0.15) is 0 Å². The maximum atomic E-state index is 12.3. The average molecular weight is 296 g/mol. The highest BCUT2D eigenvalue weighted by atomic mass is 16.1. The normalized spacial score (nSPS) is 15.5. The van der Waals surface area contributed by atoms with Crippen LogP contribution in [0, 0.1) is 0 Å². The Hall–Kier alpha value is -2.24. The summed E-state index contributed by atoms with van der Waals surface area (Å²) in [6.07, 6.45) is 3.33. The van der Waals surface area contributed by atoms with Crippen molar-refractivity contribution in [2.45, 2.75) is 6.54 Å². The van der Waals surface area contributed by atoms with Crippen LogP contribution in [0.3, 0.4) is 0 Å². The molecular formula is C17H20N4O. The van der Waals surface area contributed by atoms with Crippen molar-refractivity contribution in [3.63, 3.8) is 0 Å². The van der Waals surface area contributed by atoms with E-state index in [0.717, 1.165) is 32.7 Å². The summed E-state index contributed by atoms with van der Waals surface area (Å²) < 4.78 is 0. The minimum atomic E-state index is -0.102. The largest absolute Gasteiger partial charge is 0.321 e. The highest BCUT2D eigenvalue weighted by Crippen LogP contribution is 2.11. The lowest BCUT2D eigenvalue weighted by Crippen LogP contribution is -2.42. The number of pyridine rings is 1. The first-order valence-corrected chi connectivity index (χ1v) is 7.55. The molecule has 1 saturated heterocycles. The molecule has 1 aromatic heterocycles. The van der Waals surface area contributed by atoms with Gasteiger partial charge in [-0.15, -0.1) is 0 Å². The molecule has 2 heterocycles. The monoisotopic (exact) mass is 296 g/mol. The number of rotatable bonds is 4. The van der Waals surface area contributed by atoms with Crippen molar-refractivity contribution < 1.29 is 4.79 Å². The molecule has 0 aliphatic carbocycles. The SMILES string of the molecule is O=C(Nc1cccnc1)c1cccc(CN2CCNCC2)c1. The second kappa shape index (κ2) is 7.15. The van der Waals surface area contributed by atoms with Crippen LogP contribution in [0.4, 0.5) is 5.69 Å². The Kier molecular flexibility index (Phi) is 4.78. The molecular weight excluding hydrogens is 276 g/mol. The molecule has 2 N–H and O–H groups in total. The van der Waals surface area contributed by atoms with Gasteiger partial charge in [-0.1, -0.05) is 12.1 Å². The van der Waals surface area contributed by atoms with Crippen LogP contribution >= 0.6 is 0 Å². The lowest BCUT2D eigenvalue weighted by molar-refractivity contribution is 0.102. The van der Waals surface area contributed by atoms with E-state index in [2.05, 4.69) is 26.6 Å². The standard InChI is InChI=1S/C17H20N4O/c22-17(20-16-5-2-6-19-12-16)15-4-1-3-14(11-15)13-21-9-7-18-8-10-21/h1-6,11-12,18H,7-10,13H2,(H,20,22). The van der Waals surface area contributed by atoms with E-state index in [1.165, 1.54) is 5.56 Å². The van der Waals surface area contributed by atoms with Crippen molar-refractivity contribution in [2.24, 2.45) is 0 Å². The van der Waals surface area contributed by atoms with E-state index < -0.39 is 0 Å². The fourth-order valence-corrected chi connectivity index (χ4v) is 2.58. The summed E-state index contributed by atoms with van der Waals surface area (Å²) in [4.78, 5) is 18.7. The molecule has 2 aromatic rings. The van der Waals surface area contributed by atoms with Crippen molar-refractivity contribution in [1.29, 1.82) is 0 Å². The third kappa shape index (κ3) is 3.90. The fraction of sp³-hybridized carbons (Fsp3) is 0.294. The number of nitrogens with one attached hydrogen (secondary N) is 2. The molecule has 0 spiro atoms. The van der Waals surface area contributed by atoms with Crippen LogP contribution in [0.15, 0.2) is 48.8 Å². The van der Waals surface area contributed by atoms with E-state index in [4.69, 9.17) is 0 Å². The van der Waals surface area contributed by atoms with Crippen molar-refractivity contribution in [3.05, 3.63) is 59.9 Å². The van der Waals surface area contributed by atoms with Gasteiger partial charge in [-0.3, -0.25) is 14.7 Å². The number of benzene rings is 1. The van der Waals surface area contributed by atoms with Crippen LogP contribution in [-0.4, -0.2) is 42.0 Å². The molecule has 0 bridgehead atoms. The maximum Gasteiger partial charge on any atom is 0.255 e. The van der Waals surface area contributed by atoms with Crippen LogP contribution in [0.1, 0.15) is 15.9 Å². The minimum absolute atomic E-state index is 0.102. The number of piperazine rings is 1. The highest BCUT2D eigenvalue weighted by molar-refractivity contribution is 6.04. The van der Waals surface area contributed by atoms with Crippen molar-refractivity contribution >= 4 is 11.6 Å². The molecule has 1 aliphatic rings. The van der Waals surface area contributed by atoms with Crippen molar-refractivity contribution in [2.75, 3.05) is 31.5 Å². The van der Waals surface area contributed by atoms with E-state index in [-0.39, 0.29) is 5.91 Å². The van der Waals surface area contributed by atoms with Crippen molar-refractivity contribution in [3.8, 4) is 0 Å². The van der Waals surface area contributed by atoms with Gasteiger partial charge in [0.25, 0.3) is 5.91 Å². The Balaban J connectivity index is 1.66. The molecule has 1 aromatic carbocycles. The molecule has 1 fully saturated rings. The van der Waals surface area contributed by atoms with Gasteiger partial charge in [0.2, 0.25) is 0 Å². The number of hydrogen-bond acceptors (Lipinski definition) is 4. The predicted octanol–water partition coefficient (Wildman–Crippen LogP) is 1.74. The van der Waals surface area contributed by atoms with Crippen LogP contribution < -0.4 is 10.6 Å². The molecule has 1 aliphatic heterocycles. The quantitative estimate of drug-likeness (QED) is 0.902. The van der Waals surface area contributed by atoms with E-state index in [1.807, 2.05) is 24.3 Å². The Morgan fingerprint density at radius 3 is 2.86 bits per heavy atom. The maximum absolute atomic E-state index is 12.3. The fourth-order valence-electron chi connectivity index (χ4n) is 2.58. The van der Waals surface area contributed by atoms with E-state index in [9.17, 15) is 4.79 Å². The van der Waals surface area contributed by atoms with Gasteiger partial charge in [0, 0.05) is 44.5 Å². The zero-order valence-electron chi connectivity index (χ0n) is 12.5. The van der Waals surface area contributed by atoms with Gasteiger partial charge in [0.05, 0.1) is 11.9 Å². The van der Waals surface area contributed by atoms with E-state index in [0.29, 0.717) is 11.3 Å². The molecule has 3 rings (SSSR count). The van der Waals surface area contributed by atoms with Crippen LogP contribution in [0.25, 0.3) is 0 Å². The number of anilines is 1. The van der Waals surface area contributed by atoms with Gasteiger partial charge in [0.1, 0.15) is 0 Å². The number of nitrogens with zero attached hydrogens (tertiary/aromatic N) is 2. The lowest BCUT2D eigenvalue weighted by Gasteiger charge is -2.27. The van der Waals surface area contributed by atoms with Crippen LogP contribution in [0.2, 0.25) is 0 Å². The molecule has 0 atom stereocenters. The third-order valence-corrected chi connectivity index (χ3v) is 3.72. The van der Waals surface area contributed by atoms with Gasteiger partial charge in [-0.25, -0.2) is 0 Å². The summed E-state index contributed by atoms with van der Waals surface area (Å²) in [5, 5.41) is 6.21. The molecule has 1 amide bonds. The number of hydrogen-bond donors (Lipinski definition) is 2. The molecule has 0 unspecified atom stereocenters. The molecule has 114 valence electrons. The highest BCUT2D eigenvalue weighted by Gasteiger charge is 2.11. The summed E-state index contributed by atoms with van der Waals surface area (Å²) in [5.41, 5.74) is 2.55. The lowest BCUT2D eigenvalue weighted by atomic mass is 10.1. The number of carbonyl (C=O) groups is 1. The molecule has 0 radical (unpaired) electrons. The molecule has 0 saturated carbocycles. The zero-order chi connectivity index (χ0) is 15.2. The summed E-state index contributed by atoms with van der Waals surface area (Å²) in [6.45, 7) is 5.04. The van der Waals surface area contributed by atoms with Gasteiger partial charge in [0.15, 0.2) is 0 Å². The van der Waals surface area contributed by atoms with Crippen LogP contribution in [0.5, 0.6) is 0 Å². The third-order valence-electron chi connectivity index (χ3n) is 3.72. The smallest absolute Gasteiger partial charge is 0.255 e. The summed E-state index contributed by atoms with van der Waals surface area (Å²) >= 11 is 0. The van der Waals surface area contributed by atoms with E-state index in [1.54, 1.807) is 18.5 Å². The number of carbonyl (C=O) groups excluding carboxylic acids is 1. The molecule has 5 heteroatoms. The van der Waals surface area contributed by atoms with Crippen molar-refractivity contribution in [1.82, 2.24) is 15.2 Å². The minimum Gasteiger partial charge on any atom is -0.321 e.